The zero-order chi connectivity index (χ0) is 17.3. The van der Waals surface area contributed by atoms with E-state index in [1.807, 2.05) is 0 Å². The molecule has 0 fully saturated rings. The lowest BCUT2D eigenvalue weighted by molar-refractivity contribution is -0.0108. The number of unbranched alkanes of at least 4 members (excludes halogenated alkanes) is 7. The van der Waals surface area contributed by atoms with Gasteiger partial charge < -0.3 is 15.3 Å². The first-order chi connectivity index (χ1) is 10.8. The van der Waals surface area contributed by atoms with Crippen molar-refractivity contribution in [3.8, 4) is 0 Å². The Balaban J connectivity index is 2.31. The highest BCUT2D eigenvalue weighted by molar-refractivity contribution is 5.27. The van der Waals surface area contributed by atoms with Gasteiger partial charge in [-0.1, -0.05) is 65.7 Å². The Labute approximate surface area is 142 Å². The molecule has 3 heteroatoms. The van der Waals surface area contributed by atoms with Gasteiger partial charge in [0, 0.05) is 12.5 Å². The summed E-state index contributed by atoms with van der Waals surface area (Å²) in [6.07, 6.45) is 15.1. The van der Waals surface area contributed by atoms with E-state index in [2.05, 4.69) is 20.8 Å². The first-order valence-corrected chi connectivity index (χ1v) is 9.23. The van der Waals surface area contributed by atoms with Crippen LogP contribution in [-0.2, 0) is 0 Å². The molecule has 2 atom stereocenters. The highest BCUT2D eigenvalue weighted by atomic mass is 16.3. The molecule has 0 spiro atoms. The molecule has 134 valence electrons. The summed E-state index contributed by atoms with van der Waals surface area (Å²) >= 11 is 0. The zero-order valence-electron chi connectivity index (χ0n) is 15.2. The van der Waals surface area contributed by atoms with E-state index in [1.165, 1.54) is 25.7 Å². The maximum atomic E-state index is 11.0. The lowest BCUT2D eigenvalue weighted by Crippen LogP contribution is -2.43. The van der Waals surface area contributed by atoms with E-state index in [0.717, 1.165) is 32.1 Å². The van der Waals surface area contributed by atoms with E-state index < -0.39 is 5.60 Å². The molecule has 0 aromatic rings. The van der Waals surface area contributed by atoms with Crippen LogP contribution in [0, 0.1) is 11.3 Å². The van der Waals surface area contributed by atoms with E-state index in [1.54, 1.807) is 18.2 Å². The largest absolute Gasteiger partial charge is 0.508 e. The third kappa shape index (κ3) is 7.09. The normalized spacial score (nSPS) is 24.7. The molecule has 0 aromatic carbocycles. The van der Waals surface area contributed by atoms with Crippen molar-refractivity contribution < 1.29 is 15.3 Å². The molecule has 1 aliphatic rings. The second-order valence-corrected chi connectivity index (χ2v) is 8.06. The van der Waals surface area contributed by atoms with Gasteiger partial charge in [-0.05, 0) is 36.5 Å². The maximum Gasteiger partial charge on any atom is 0.111 e. The molecule has 23 heavy (non-hydrogen) atoms. The van der Waals surface area contributed by atoms with E-state index in [0.29, 0.717) is 6.61 Å². The molecule has 2 unspecified atom stereocenters. The molecule has 0 aromatic heterocycles. The van der Waals surface area contributed by atoms with Gasteiger partial charge in [0.2, 0.25) is 0 Å². The van der Waals surface area contributed by atoms with E-state index in [4.69, 9.17) is 5.11 Å². The third-order valence-electron chi connectivity index (χ3n) is 4.84. The van der Waals surface area contributed by atoms with Gasteiger partial charge in [-0.25, -0.2) is 0 Å². The molecular formula is C20H36O3. The van der Waals surface area contributed by atoms with Crippen LogP contribution in [0.2, 0.25) is 0 Å². The summed E-state index contributed by atoms with van der Waals surface area (Å²) in [4.78, 5) is 0. The zero-order valence-corrected chi connectivity index (χ0v) is 15.2. The molecule has 1 rings (SSSR count). The summed E-state index contributed by atoms with van der Waals surface area (Å²) in [6.45, 7) is 6.64. The molecule has 0 saturated carbocycles. The summed E-state index contributed by atoms with van der Waals surface area (Å²) in [5, 5.41) is 29.5. The van der Waals surface area contributed by atoms with Gasteiger partial charge >= 0.3 is 0 Å². The summed E-state index contributed by atoms with van der Waals surface area (Å²) in [5.74, 6) is 0.205. The first kappa shape index (κ1) is 20.2. The second-order valence-electron chi connectivity index (χ2n) is 8.06. The Morgan fingerprint density at radius 3 is 2.00 bits per heavy atom. The van der Waals surface area contributed by atoms with Gasteiger partial charge in [0.25, 0.3) is 0 Å². The van der Waals surface area contributed by atoms with Gasteiger partial charge in [0.05, 0.1) is 5.60 Å². The molecule has 3 nitrogen and oxygen atoms in total. The Bertz CT molecular complexity index is 392. The van der Waals surface area contributed by atoms with Crippen molar-refractivity contribution in [2.45, 2.75) is 84.2 Å². The lowest BCUT2D eigenvalue weighted by atomic mass is 9.67. The Kier molecular flexibility index (Phi) is 8.35. The maximum absolute atomic E-state index is 11.0. The fourth-order valence-corrected chi connectivity index (χ4v) is 3.52. The number of rotatable bonds is 10. The molecular weight excluding hydrogens is 288 g/mol. The smallest absolute Gasteiger partial charge is 0.111 e. The standard InChI is InChI=1S/C20H36O3/c1-19(2,3)18-16-17(22)12-14-20(18,23)13-10-8-6-4-5-7-9-11-15-21/h12,14,16,18,21-23H,4-11,13,15H2,1-3H3. The van der Waals surface area contributed by atoms with Crippen LogP contribution in [0.3, 0.4) is 0 Å². The number of allylic oxidation sites excluding steroid dienone is 1. The third-order valence-corrected chi connectivity index (χ3v) is 4.84. The quantitative estimate of drug-likeness (QED) is 0.501. The van der Waals surface area contributed by atoms with Crippen molar-refractivity contribution >= 4 is 0 Å². The van der Waals surface area contributed by atoms with Gasteiger partial charge in [-0.3, -0.25) is 0 Å². The molecule has 0 amide bonds. The molecule has 0 saturated heterocycles. The average molecular weight is 325 g/mol. The van der Waals surface area contributed by atoms with Crippen molar-refractivity contribution in [3.63, 3.8) is 0 Å². The van der Waals surface area contributed by atoms with Crippen LogP contribution < -0.4 is 0 Å². The topological polar surface area (TPSA) is 60.7 Å². The predicted octanol–water partition coefficient (Wildman–Crippen LogP) is 4.89. The summed E-state index contributed by atoms with van der Waals surface area (Å²) in [6, 6.07) is 0. The van der Waals surface area contributed by atoms with Crippen LogP contribution in [0.5, 0.6) is 0 Å². The minimum absolute atomic E-state index is 0.0570. The average Bonchev–Trinajstić information content (AvgIpc) is 2.47. The van der Waals surface area contributed by atoms with Crippen LogP contribution in [0.25, 0.3) is 0 Å². The van der Waals surface area contributed by atoms with Crippen LogP contribution >= 0.6 is 0 Å². The molecule has 0 bridgehead atoms. The Morgan fingerprint density at radius 1 is 0.957 bits per heavy atom. The van der Waals surface area contributed by atoms with E-state index in [-0.39, 0.29) is 17.1 Å². The molecule has 0 radical (unpaired) electrons. The van der Waals surface area contributed by atoms with Crippen LogP contribution in [-0.4, -0.2) is 27.5 Å². The predicted molar refractivity (Wildman–Crippen MR) is 96.4 cm³/mol. The van der Waals surface area contributed by atoms with Crippen molar-refractivity contribution in [1.29, 1.82) is 0 Å². The van der Waals surface area contributed by atoms with Crippen molar-refractivity contribution in [2.24, 2.45) is 11.3 Å². The van der Waals surface area contributed by atoms with Crippen LogP contribution in [0.4, 0.5) is 0 Å². The summed E-state index contributed by atoms with van der Waals surface area (Å²) in [5.41, 5.74) is -0.925. The number of hydrogen-bond acceptors (Lipinski definition) is 3. The van der Waals surface area contributed by atoms with Crippen molar-refractivity contribution in [2.75, 3.05) is 6.61 Å². The Morgan fingerprint density at radius 2 is 1.48 bits per heavy atom. The molecule has 3 N–H and O–H groups in total. The van der Waals surface area contributed by atoms with Gasteiger partial charge in [-0.15, -0.1) is 0 Å². The fraction of sp³-hybridized carbons (Fsp3) is 0.800. The van der Waals surface area contributed by atoms with Crippen molar-refractivity contribution in [3.05, 3.63) is 24.0 Å². The molecule has 0 heterocycles. The lowest BCUT2D eigenvalue weighted by Gasteiger charge is -2.42. The molecule has 1 aliphatic carbocycles. The monoisotopic (exact) mass is 324 g/mol. The van der Waals surface area contributed by atoms with E-state index in [9.17, 15) is 10.2 Å². The SMILES string of the molecule is CC(C)(C)C1C=C(O)C=CC1(O)CCCCCCCCCCO. The molecule has 0 aliphatic heterocycles. The first-order valence-electron chi connectivity index (χ1n) is 9.23. The highest BCUT2D eigenvalue weighted by Crippen LogP contribution is 2.42. The number of aliphatic hydroxyl groups is 3. The van der Waals surface area contributed by atoms with Gasteiger partial charge in [-0.2, -0.15) is 0 Å². The fourth-order valence-electron chi connectivity index (χ4n) is 3.52. The second kappa shape index (κ2) is 9.48. The minimum Gasteiger partial charge on any atom is -0.508 e. The van der Waals surface area contributed by atoms with Crippen LogP contribution in [0.1, 0.15) is 78.6 Å². The number of hydrogen-bond donors (Lipinski definition) is 3. The van der Waals surface area contributed by atoms with Gasteiger partial charge in [0.1, 0.15) is 5.76 Å². The van der Waals surface area contributed by atoms with Crippen LogP contribution in [0.15, 0.2) is 24.0 Å². The summed E-state index contributed by atoms with van der Waals surface area (Å²) < 4.78 is 0. The highest BCUT2D eigenvalue weighted by Gasteiger charge is 2.41. The number of aliphatic hydroxyl groups excluding tert-OH is 2. The Hall–Kier alpha value is -0.800. The van der Waals surface area contributed by atoms with Crippen molar-refractivity contribution in [1.82, 2.24) is 0 Å². The summed E-state index contributed by atoms with van der Waals surface area (Å²) in [7, 11) is 0. The minimum atomic E-state index is -0.842. The van der Waals surface area contributed by atoms with E-state index >= 15 is 0 Å². The van der Waals surface area contributed by atoms with Gasteiger partial charge in [0.15, 0.2) is 0 Å².